The van der Waals surface area contributed by atoms with Crippen molar-refractivity contribution in [2.24, 2.45) is 0 Å². The minimum atomic E-state index is -0.393. The van der Waals surface area contributed by atoms with Crippen molar-refractivity contribution in [2.75, 3.05) is 13.2 Å². The molecule has 0 radical (unpaired) electrons. The molecule has 0 saturated heterocycles. The smallest absolute Gasteiger partial charge is 0.308 e. The minimum Gasteiger partial charge on any atom is -0.508 e. The van der Waals surface area contributed by atoms with Crippen LogP contribution < -0.4 is 4.74 Å². The maximum atomic E-state index is 11.2. The molecule has 0 spiro atoms. The quantitative estimate of drug-likeness (QED) is 0.115. The monoisotopic (exact) mass is 538 g/mol. The number of esters is 3. The van der Waals surface area contributed by atoms with Crippen LogP contribution in [0.4, 0.5) is 0 Å². The summed E-state index contributed by atoms with van der Waals surface area (Å²) in [6, 6.07) is 6.09. The number of hydrogen-bond donors (Lipinski definition) is 1. The Labute approximate surface area is 229 Å². The van der Waals surface area contributed by atoms with Crippen molar-refractivity contribution < 1.29 is 38.4 Å². The van der Waals surface area contributed by atoms with Gasteiger partial charge in [-0.25, -0.2) is 0 Å². The first-order valence-electron chi connectivity index (χ1n) is 14.1. The van der Waals surface area contributed by atoms with Crippen LogP contribution in [-0.2, 0) is 28.6 Å². The SMILES string of the molecule is CC(=O)Oc1cccc(O)c1.CCCCCC(CCCOCCCC(CCCCC)OC(C)=O)OC(C)=O. The average molecular weight is 539 g/mol. The maximum absolute atomic E-state index is 11.2. The first-order chi connectivity index (χ1) is 18.2. The van der Waals surface area contributed by atoms with Crippen molar-refractivity contribution in [3.8, 4) is 11.5 Å². The minimum absolute atomic E-state index is 0.0181. The normalized spacial score (nSPS) is 12.0. The van der Waals surface area contributed by atoms with Crippen molar-refractivity contribution in [1.29, 1.82) is 0 Å². The van der Waals surface area contributed by atoms with Crippen molar-refractivity contribution >= 4 is 17.9 Å². The molecule has 1 aromatic carbocycles. The first-order valence-corrected chi connectivity index (χ1v) is 14.1. The van der Waals surface area contributed by atoms with E-state index in [1.165, 1.54) is 58.6 Å². The Morgan fingerprint density at radius 3 is 1.58 bits per heavy atom. The molecule has 8 nitrogen and oxygen atoms in total. The van der Waals surface area contributed by atoms with E-state index in [0.717, 1.165) is 51.4 Å². The molecule has 8 heteroatoms. The third-order valence-electron chi connectivity index (χ3n) is 5.63. The highest BCUT2D eigenvalue weighted by atomic mass is 16.5. The van der Waals surface area contributed by atoms with Gasteiger partial charge in [0.25, 0.3) is 0 Å². The number of benzene rings is 1. The van der Waals surface area contributed by atoms with Gasteiger partial charge in [0.15, 0.2) is 0 Å². The zero-order chi connectivity index (χ0) is 28.6. The van der Waals surface area contributed by atoms with Crippen LogP contribution in [0.25, 0.3) is 0 Å². The summed E-state index contributed by atoms with van der Waals surface area (Å²) in [5.74, 6) is -0.342. The van der Waals surface area contributed by atoms with Crippen molar-refractivity contribution in [1.82, 2.24) is 0 Å². The molecule has 2 unspecified atom stereocenters. The maximum Gasteiger partial charge on any atom is 0.308 e. The van der Waals surface area contributed by atoms with E-state index in [2.05, 4.69) is 13.8 Å². The Kier molecular flexibility index (Phi) is 21.9. The summed E-state index contributed by atoms with van der Waals surface area (Å²) < 4.78 is 21.2. The van der Waals surface area contributed by atoms with Gasteiger partial charge < -0.3 is 24.1 Å². The van der Waals surface area contributed by atoms with Gasteiger partial charge in [0.1, 0.15) is 23.7 Å². The standard InChI is InChI=1S/C22H42O5.C8H8O3/c1-5-7-9-13-21(26-19(3)23)15-11-17-25-18-12-16-22(27-20(4)24)14-10-8-6-2;1-6(9)11-8-4-2-3-7(10)5-8/h21-22H,5-18H2,1-4H3;2-5,10H,1H3. The fourth-order valence-corrected chi connectivity index (χ4v) is 3.88. The Balaban J connectivity index is 0.00000103. The molecule has 0 saturated carbocycles. The molecule has 1 N–H and O–H groups in total. The number of ether oxygens (including phenoxy) is 4. The number of carbonyl (C=O) groups is 3. The lowest BCUT2D eigenvalue weighted by molar-refractivity contribution is -0.148. The Bertz CT molecular complexity index is 730. The van der Waals surface area contributed by atoms with Crippen LogP contribution in [0.15, 0.2) is 24.3 Å². The molecule has 0 aliphatic carbocycles. The molecule has 0 heterocycles. The Hall–Kier alpha value is -2.61. The molecule has 0 amide bonds. The predicted octanol–water partition coefficient (Wildman–Crippen LogP) is 6.90. The lowest BCUT2D eigenvalue weighted by atomic mass is 10.1. The summed E-state index contributed by atoms with van der Waals surface area (Å²) in [6.07, 6.45) is 12.3. The first kappa shape index (κ1) is 35.4. The molecule has 0 fully saturated rings. The Morgan fingerprint density at radius 2 is 1.18 bits per heavy atom. The molecule has 218 valence electrons. The van der Waals surface area contributed by atoms with Gasteiger partial charge in [-0.1, -0.05) is 45.6 Å². The van der Waals surface area contributed by atoms with Crippen LogP contribution in [-0.4, -0.2) is 48.4 Å². The van der Waals surface area contributed by atoms with Gasteiger partial charge in [0.2, 0.25) is 0 Å². The van der Waals surface area contributed by atoms with E-state index in [9.17, 15) is 14.4 Å². The predicted molar refractivity (Wildman–Crippen MR) is 148 cm³/mol. The second-order valence-electron chi connectivity index (χ2n) is 9.44. The van der Waals surface area contributed by atoms with E-state index >= 15 is 0 Å². The summed E-state index contributed by atoms with van der Waals surface area (Å²) in [5.41, 5.74) is 0. The third kappa shape index (κ3) is 22.6. The van der Waals surface area contributed by atoms with Crippen molar-refractivity contribution in [3.05, 3.63) is 24.3 Å². The van der Waals surface area contributed by atoms with Gasteiger partial charge in [0, 0.05) is 40.1 Å². The number of phenolic OH excluding ortho intramolecular Hbond substituents is 1. The van der Waals surface area contributed by atoms with E-state index in [-0.39, 0.29) is 29.9 Å². The summed E-state index contributed by atoms with van der Waals surface area (Å²) in [5, 5.41) is 8.93. The second-order valence-corrected chi connectivity index (χ2v) is 9.44. The highest BCUT2D eigenvalue weighted by molar-refractivity contribution is 5.69. The molecule has 38 heavy (non-hydrogen) atoms. The number of hydrogen-bond acceptors (Lipinski definition) is 8. The van der Waals surface area contributed by atoms with E-state index in [0.29, 0.717) is 19.0 Å². The van der Waals surface area contributed by atoms with Crippen molar-refractivity contribution in [3.63, 3.8) is 0 Å². The fourth-order valence-electron chi connectivity index (χ4n) is 3.88. The van der Waals surface area contributed by atoms with Gasteiger partial charge in [-0.15, -0.1) is 0 Å². The van der Waals surface area contributed by atoms with Gasteiger partial charge in [-0.3, -0.25) is 14.4 Å². The summed E-state index contributed by atoms with van der Waals surface area (Å²) in [4.78, 5) is 32.8. The van der Waals surface area contributed by atoms with E-state index in [1.54, 1.807) is 12.1 Å². The largest absolute Gasteiger partial charge is 0.508 e. The third-order valence-corrected chi connectivity index (χ3v) is 5.63. The molecule has 0 bridgehead atoms. The van der Waals surface area contributed by atoms with Crippen LogP contribution in [0.2, 0.25) is 0 Å². The number of unbranched alkanes of at least 4 members (excludes halogenated alkanes) is 4. The second kappa shape index (κ2) is 23.5. The van der Waals surface area contributed by atoms with Crippen LogP contribution in [0.1, 0.15) is 112 Å². The molecule has 0 aliphatic rings. The molecular weight excluding hydrogens is 488 g/mol. The van der Waals surface area contributed by atoms with Crippen LogP contribution in [0.5, 0.6) is 11.5 Å². The van der Waals surface area contributed by atoms with Crippen molar-refractivity contribution in [2.45, 2.75) is 124 Å². The van der Waals surface area contributed by atoms with Crippen LogP contribution in [0, 0.1) is 0 Å². The summed E-state index contributed by atoms with van der Waals surface area (Å²) in [7, 11) is 0. The molecule has 1 rings (SSSR count). The van der Waals surface area contributed by atoms with Gasteiger partial charge in [0.05, 0.1) is 0 Å². The lowest BCUT2D eigenvalue weighted by Gasteiger charge is -2.18. The van der Waals surface area contributed by atoms with Gasteiger partial charge >= 0.3 is 17.9 Å². The topological polar surface area (TPSA) is 108 Å². The highest BCUT2D eigenvalue weighted by Gasteiger charge is 2.13. The molecular formula is C30H50O8. The number of aromatic hydroxyl groups is 1. The molecule has 0 aliphatic heterocycles. The number of phenols is 1. The molecule has 0 aromatic heterocycles. The number of rotatable bonds is 19. The molecule has 2 atom stereocenters. The zero-order valence-electron chi connectivity index (χ0n) is 24.2. The lowest BCUT2D eigenvalue weighted by Crippen LogP contribution is -2.18. The van der Waals surface area contributed by atoms with Crippen LogP contribution >= 0.6 is 0 Å². The van der Waals surface area contributed by atoms with Gasteiger partial charge in [-0.2, -0.15) is 0 Å². The van der Waals surface area contributed by atoms with Gasteiger partial charge in [-0.05, 0) is 63.5 Å². The zero-order valence-corrected chi connectivity index (χ0v) is 24.2. The van der Waals surface area contributed by atoms with E-state index < -0.39 is 5.97 Å². The molecule has 1 aromatic rings. The number of carbonyl (C=O) groups excluding carboxylic acids is 3. The fraction of sp³-hybridized carbons (Fsp3) is 0.700. The Morgan fingerprint density at radius 1 is 0.711 bits per heavy atom. The summed E-state index contributed by atoms with van der Waals surface area (Å²) >= 11 is 0. The van der Waals surface area contributed by atoms with E-state index in [1.807, 2.05) is 0 Å². The summed E-state index contributed by atoms with van der Waals surface area (Å²) in [6.45, 7) is 9.96. The highest BCUT2D eigenvalue weighted by Crippen LogP contribution is 2.17. The van der Waals surface area contributed by atoms with Crippen LogP contribution in [0.3, 0.4) is 0 Å². The average Bonchev–Trinajstić information content (AvgIpc) is 2.82. The van der Waals surface area contributed by atoms with E-state index in [4.69, 9.17) is 24.1 Å².